The van der Waals surface area contributed by atoms with Crippen LogP contribution in [0.15, 0.2) is 0 Å². The number of nitrogens with zero attached hydrogens (tertiary/aromatic N) is 1. The molecule has 0 N–H and O–H groups in total. The molecule has 0 radical (unpaired) electrons. The summed E-state index contributed by atoms with van der Waals surface area (Å²) in [4.78, 5) is 2.50. The van der Waals surface area contributed by atoms with Crippen LogP contribution in [-0.2, 0) is 9.47 Å². The molecule has 0 aliphatic carbocycles. The third-order valence-electron chi connectivity index (χ3n) is 3.18. The third-order valence-corrected chi connectivity index (χ3v) is 3.18. The summed E-state index contributed by atoms with van der Waals surface area (Å²) in [5, 5.41) is 0. The van der Waals surface area contributed by atoms with Crippen LogP contribution < -0.4 is 0 Å². The molecule has 3 nitrogen and oxygen atoms in total. The minimum Gasteiger partial charge on any atom is -0.385 e. The SMILES string of the molecule is COCCCOC12CCN(CC1)C2. The van der Waals surface area contributed by atoms with Crippen molar-refractivity contribution in [3.63, 3.8) is 0 Å². The quantitative estimate of drug-likeness (QED) is 0.594. The van der Waals surface area contributed by atoms with Crippen LogP contribution in [0.3, 0.4) is 0 Å². The van der Waals surface area contributed by atoms with Gasteiger partial charge in [0.1, 0.15) is 0 Å². The Labute approximate surface area is 80.0 Å². The van der Waals surface area contributed by atoms with Crippen molar-refractivity contribution < 1.29 is 9.47 Å². The zero-order chi connectivity index (χ0) is 9.15. The van der Waals surface area contributed by atoms with E-state index in [9.17, 15) is 0 Å². The van der Waals surface area contributed by atoms with Gasteiger partial charge in [-0.3, -0.25) is 0 Å². The minimum absolute atomic E-state index is 0.230. The summed E-state index contributed by atoms with van der Waals surface area (Å²) in [7, 11) is 1.74. The Morgan fingerprint density at radius 1 is 1.23 bits per heavy atom. The van der Waals surface area contributed by atoms with Crippen molar-refractivity contribution >= 4 is 0 Å². The lowest BCUT2D eigenvalue weighted by Crippen LogP contribution is -2.31. The second-order valence-corrected chi connectivity index (χ2v) is 4.15. The summed E-state index contributed by atoms with van der Waals surface area (Å²) in [6.45, 7) is 5.33. The molecule has 0 atom stereocenters. The van der Waals surface area contributed by atoms with Crippen molar-refractivity contribution in [1.29, 1.82) is 0 Å². The number of hydrogen-bond acceptors (Lipinski definition) is 3. The van der Waals surface area contributed by atoms with Gasteiger partial charge in [-0.25, -0.2) is 0 Å². The van der Waals surface area contributed by atoms with Crippen molar-refractivity contribution in [2.24, 2.45) is 0 Å². The third kappa shape index (κ3) is 2.03. The molecule has 13 heavy (non-hydrogen) atoms. The first-order valence-electron chi connectivity index (χ1n) is 5.20. The Morgan fingerprint density at radius 2 is 2.00 bits per heavy atom. The Hall–Kier alpha value is -0.120. The molecule has 2 saturated heterocycles. The van der Waals surface area contributed by atoms with Crippen molar-refractivity contribution in [3.05, 3.63) is 0 Å². The first-order chi connectivity index (χ1) is 6.35. The molecule has 2 rings (SSSR count). The normalized spacial score (nSPS) is 37.2. The molecule has 2 fully saturated rings. The van der Waals surface area contributed by atoms with Gasteiger partial charge in [0, 0.05) is 40.0 Å². The Kier molecular flexibility index (Phi) is 2.86. The fourth-order valence-corrected chi connectivity index (χ4v) is 2.37. The molecule has 0 aromatic rings. The second kappa shape index (κ2) is 3.95. The van der Waals surface area contributed by atoms with Crippen LogP contribution in [0, 0.1) is 0 Å². The van der Waals surface area contributed by atoms with Gasteiger partial charge in [0.05, 0.1) is 5.60 Å². The standard InChI is InChI=1S/C10H19NO2/c1-12-7-2-8-13-10-3-5-11(9-10)6-4-10/h2-9H2,1H3. The van der Waals surface area contributed by atoms with Gasteiger partial charge < -0.3 is 14.4 Å². The molecular formula is C10H19NO2. The average molecular weight is 185 g/mol. The average Bonchev–Trinajstić information content (AvgIpc) is 2.72. The van der Waals surface area contributed by atoms with Crippen LogP contribution >= 0.6 is 0 Å². The van der Waals surface area contributed by atoms with Gasteiger partial charge in [0.15, 0.2) is 0 Å². The molecule has 2 aliphatic rings. The molecule has 0 saturated carbocycles. The smallest absolute Gasteiger partial charge is 0.0833 e. The van der Waals surface area contributed by atoms with E-state index in [1.54, 1.807) is 7.11 Å². The monoisotopic (exact) mass is 185 g/mol. The lowest BCUT2D eigenvalue weighted by Gasteiger charge is -2.25. The predicted molar refractivity (Wildman–Crippen MR) is 50.9 cm³/mol. The van der Waals surface area contributed by atoms with Gasteiger partial charge in [-0.05, 0) is 19.3 Å². The highest BCUT2D eigenvalue weighted by Crippen LogP contribution is 2.35. The lowest BCUT2D eigenvalue weighted by atomic mass is 10.00. The summed E-state index contributed by atoms with van der Waals surface area (Å²) in [5.74, 6) is 0. The number of ether oxygens (including phenoxy) is 2. The fraction of sp³-hybridized carbons (Fsp3) is 1.00. The number of fused-ring (bicyclic) bond motifs is 2. The van der Waals surface area contributed by atoms with Crippen molar-refractivity contribution in [1.82, 2.24) is 4.90 Å². The molecule has 3 heteroatoms. The van der Waals surface area contributed by atoms with Gasteiger partial charge in [-0.1, -0.05) is 0 Å². The van der Waals surface area contributed by atoms with E-state index in [-0.39, 0.29) is 5.60 Å². The van der Waals surface area contributed by atoms with Crippen LogP contribution in [0.25, 0.3) is 0 Å². The Morgan fingerprint density at radius 3 is 2.54 bits per heavy atom. The van der Waals surface area contributed by atoms with E-state index in [0.29, 0.717) is 0 Å². The molecule has 0 unspecified atom stereocenters. The zero-order valence-corrected chi connectivity index (χ0v) is 8.42. The van der Waals surface area contributed by atoms with Gasteiger partial charge in [0.25, 0.3) is 0 Å². The highest BCUT2D eigenvalue weighted by atomic mass is 16.5. The fourth-order valence-electron chi connectivity index (χ4n) is 2.37. The molecule has 2 heterocycles. The summed E-state index contributed by atoms with van der Waals surface area (Å²) < 4.78 is 11.0. The maximum absolute atomic E-state index is 5.96. The first kappa shape index (κ1) is 9.44. The number of hydrogen-bond donors (Lipinski definition) is 0. The molecule has 2 aliphatic heterocycles. The maximum Gasteiger partial charge on any atom is 0.0833 e. The number of piperidine rings is 1. The minimum atomic E-state index is 0.230. The van der Waals surface area contributed by atoms with E-state index < -0.39 is 0 Å². The van der Waals surface area contributed by atoms with Crippen LogP contribution in [0.4, 0.5) is 0 Å². The summed E-state index contributed by atoms with van der Waals surface area (Å²) in [6.07, 6.45) is 3.50. The summed E-state index contributed by atoms with van der Waals surface area (Å²) >= 11 is 0. The Bertz CT molecular complexity index is 164. The molecular weight excluding hydrogens is 166 g/mol. The van der Waals surface area contributed by atoms with Crippen molar-refractivity contribution in [2.75, 3.05) is 40.0 Å². The van der Waals surface area contributed by atoms with E-state index >= 15 is 0 Å². The van der Waals surface area contributed by atoms with Crippen LogP contribution in [-0.4, -0.2) is 50.5 Å². The largest absolute Gasteiger partial charge is 0.385 e. The van der Waals surface area contributed by atoms with Crippen molar-refractivity contribution in [2.45, 2.75) is 24.9 Å². The number of methoxy groups -OCH3 is 1. The maximum atomic E-state index is 5.96. The molecule has 0 aromatic carbocycles. The second-order valence-electron chi connectivity index (χ2n) is 4.15. The molecule has 76 valence electrons. The van der Waals surface area contributed by atoms with Gasteiger partial charge in [0.2, 0.25) is 0 Å². The van der Waals surface area contributed by atoms with E-state index in [1.165, 1.54) is 32.5 Å². The van der Waals surface area contributed by atoms with Crippen LogP contribution in [0.2, 0.25) is 0 Å². The van der Waals surface area contributed by atoms with E-state index in [1.807, 2.05) is 0 Å². The first-order valence-corrected chi connectivity index (χ1v) is 5.20. The van der Waals surface area contributed by atoms with Gasteiger partial charge >= 0.3 is 0 Å². The Balaban J connectivity index is 1.69. The predicted octanol–water partition coefficient (Wildman–Crippen LogP) is 0.888. The van der Waals surface area contributed by atoms with Gasteiger partial charge in [-0.15, -0.1) is 0 Å². The number of rotatable bonds is 5. The topological polar surface area (TPSA) is 21.7 Å². The lowest BCUT2D eigenvalue weighted by molar-refractivity contribution is -0.0320. The highest BCUT2D eigenvalue weighted by Gasteiger charge is 2.44. The van der Waals surface area contributed by atoms with E-state index in [4.69, 9.17) is 9.47 Å². The van der Waals surface area contributed by atoms with E-state index in [2.05, 4.69) is 4.90 Å². The molecule has 0 aromatic heterocycles. The highest BCUT2D eigenvalue weighted by molar-refractivity contribution is 4.98. The molecule has 0 amide bonds. The zero-order valence-electron chi connectivity index (χ0n) is 8.42. The van der Waals surface area contributed by atoms with Gasteiger partial charge in [-0.2, -0.15) is 0 Å². The molecule has 0 spiro atoms. The van der Waals surface area contributed by atoms with Crippen LogP contribution in [0.1, 0.15) is 19.3 Å². The van der Waals surface area contributed by atoms with E-state index in [0.717, 1.165) is 19.6 Å². The van der Waals surface area contributed by atoms with Crippen LogP contribution in [0.5, 0.6) is 0 Å². The molecule has 2 bridgehead atoms. The van der Waals surface area contributed by atoms with Crippen molar-refractivity contribution in [3.8, 4) is 0 Å². The summed E-state index contributed by atoms with van der Waals surface area (Å²) in [6, 6.07) is 0. The summed E-state index contributed by atoms with van der Waals surface area (Å²) in [5.41, 5.74) is 0.230.